The predicted octanol–water partition coefficient (Wildman–Crippen LogP) is 1.86. The van der Waals surface area contributed by atoms with Crippen molar-refractivity contribution in [1.29, 1.82) is 0 Å². The number of carboxylic acids is 1. The highest BCUT2D eigenvalue weighted by Crippen LogP contribution is 2.31. The summed E-state index contributed by atoms with van der Waals surface area (Å²) in [5.41, 5.74) is -0.697. The number of nitrogens with one attached hydrogen (secondary N) is 1. The molecule has 1 rings (SSSR count). The average Bonchev–Trinajstić information content (AvgIpc) is 2.37. The third kappa shape index (κ3) is 5.48. The van der Waals surface area contributed by atoms with Gasteiger partial charge in [0.1, 0.15) is 0 Å². The van der Waals surface area contributed by atoms with Gasteiger partial charge in [0.15, 0.2) is 0 Å². The molecule has 2 N–H and O–H groups in total. The molecule has 0 saturated carbocycles. The van der Waals surface area contributed by atoms with Gasteiger partial charge in [0.2, 0.25) is 0 Å². The molecule has 1 heterocycles. The van der Waals surface area contributed by atoms with Crippen LogP contribution in [0.1, 0.15) is 40.0 Å². The second-order valence-electron chi connectivity index (χ2n) is 7.39. The molecular formula is C16H31N3O3. The van der Waals surface area contributed by atoms with Gasteiger partial charge < -0.3 is 20.2 Å². The highest BCUT2D eigenvalue weighted by Gasteiger charge is 2.38. The third-order valence-corrected chi connectivity index (χ3v) is 4.34. The molecule has 1 unspecified atom stereocenters. The van der Waals surface area contributed by atoms with Crippen LogP contribution in [-0.2, 0) is 4.79 Å². The standard InChI is InChI=1S/C16H31N3O3/c1-12(2)10-13(11-18(4)5)17-15(22)19-8-6-16(3,7-9-19)14(20)21/h12-13H,6-11H2,1-5H3,(H,17,22)(H,20,21). The number of hydrogen-bond donors (Lipinski definition) is 2. The molecule has 2 amide bonds. The molecule has 1 atom stereocenters. The minimum Gasteiger partial charge on any atom is -0.481 e. The normalized spacial score (nSPS) is 19.3. The highest BCUT2D eigenvalue weighted by atomic mass is 16.4. The summed E-state index contributed by atoms with van der Waals surface area (Å²) in [5, 5.41) is 12.3. The van der Waals surface area contributed by atoms with Crippen LogP contribution in [0.15, 0.2) is 0 Å². The number of carbonyl (C=O) groups is 2. The van der Waals surface area contributed by atoms with E-state index < -0.39 is 11.4 Å². The molecule has 0 aromatic rings. The number of carbonyl (C=O) groups excluding carboxylic acids is 1. The first kappa shape index (κ1) is 18.7. The van der Waals surface area contributed by atoms with Crippen LogP contribution in [0.5, 0.6) is 0 Å². The fourth-order valence-electron chi connectivity index (χ4n) is 2.87. The molecule has 6 nitrogen and oxygen atoms in total. The third-order valence-electron chi connectivity index (χ3n) is 4.34. The van der Waals surface area contributed by atoms with Gasteiger partial charge in [0.05, 0.1) is 5.41 Å². The first-order chi connectivity index (χ1) is 10.1. The molecule has 0 spiro atoms. The molecule has 0 aliphatic carbocycles. The smallest absolute Gasteiger partial charge is 0.317 e. The van der Waals surface area contributed by atoms with Crippen LogP contribution in [0, 0.1) is 11.3 Å². The van der Waals surface area contributed by atoms with E-state index in [2.05, 4.69) is 24.1 Å². The summed E-state index contributed by atoms with van der Waals surface area (Å²) < 4.78 is 0. The second-order valence-corrected chi connectivity index (χ2v) is 7.39. The van der Waals surface area contributed by atoms with Gasteiger partial charge in [-0.2, -0.15) is 0 Å². The summed E-state index contributed by atoms with van der Waals surface area (Å²) in [6.45, 7) is 7.88. The summed E-state index contributed by atoms with van der Waals surface area (Å²) >= 11 is 0. The lowest BCUT2D eigenvalue weighted by molar-refractivity contribution is -0.150. The fraction of sp³-hybridized carbons (Fsp3) is 0.875. The van der Waals surface area contributed by atoms with E-state index in [1.54, 1.807) is 11.8 Å². The number of rotatable bonds is 6. The largest absolute Gasteiger partial charge is 0.481 e. The van der Waals surface area contributed by atoms with E-state index in [0.717, 1.165) is 13.0 Å². The first-order valence-electron chi connectivity index (χ1n) is 8.07. The van der Waals surface area contributed by atoms with Crippen LogP contribution in [0.3, 0.4) is 0 Å². The summed E-state index contributed by atoms with van der Waals surface area (Å²) in [6.07, 6.45) is 1.96. The minimum absolute atomic E-state index is 0.0695. The maximum absolute atomic E-state index is 12.4. The molecule has 1 fully saturated rings. The van der Waals surface area contributed by atoms with Crippen LogP contribution in [0.2, 0.25) is 0 Å². The van der Waals surface area contributed by atoms with Crippen molar-refractivity contribution in [2.45, 2.75) is 46.1 Å². The Morgan fingerprint density at radius 1 is 1.27 bits per heavy atom. The van der Waals surface area contributed by atoms with Crippen molar-refractivity contribution in [1.82, 2.24) is 15.1 Å². The average molecular weight is 313 g/mol. The Balaban J connectivity index is 2.55. The SMILES string of the molecule is CC(C)CC(CN(C)C)NC(=O)N1CCC(C)(C(=O)O)CC1. The van der Waals surface area contributed by atoms with Crippen LogP contribution in [0.4, 0.5) is 4.79 Å². The molecule has 0 bridgehead atoms. The van der Waals surface area contributed by atoms with Crippen molar-refractivity contribution >= 4 is 12.0 Å². The van der Waals surface area contributed by atoms with E-state index in [4.69, 9.17) is 0 Å². The van der Waals surface area contributed by atoms with E-state index in [-0.39, 0.29) is 12.1 Å². The van der Waals surface area contributed by atoms with E-state index in [1.165, 1.54) is 0 Å². The number of piperidine rings is 1. The highest BCUT2D eigenvalue weighted by molar-refractivity contribution is 5.77. The van der Waals surface area contributed by atoms with Crippen molar-refractivity contribution in [2.75, 3.05) is 33.7 Å². The molecule has 128 valence electrons. The van der Waals surface area contributed by atoms with E-state index in [0.29, 0.717) is 31.8 Å². The van der Waals surface area contributed by atoms with Crippen molar-refractivity contribution in [2.24, 2.45) is 11.3 Å². The monoisotopic (exact) mass is 313 g/mol. The zero-order valence-electron chi connectivity index (χ0n) is 14.6. The number of likely N-dealkylation sites (N-methyl/N-ethyl adjacent to an activating group) is 1. The van der Waals surface area contributed by atoms with Crippen molar-refractivity contribution in [3.8, 4) is 0 Å². The number of urea groups is 1. The lowest BCUT2D eigenvalue weighted by Crippen LogP contribution is -2.52. The Morgan fingerprint density at radius 2 is 1.82 bits per heavy atom. The Labute approximate surface area is 133 Å². The lowest BCUT2D eigenvalue weighted by atomic mass is 9.80. The van der Waals surface area contributed by atoms with Gasteiger partial charge in [-0.1, -0.05) is 13.8 Å². The molecule has 0 radical (unpaired) electrons. The molecule has 1 aliphatic heterocycles. The minimum atomic E-state index is -0.766. The van der Waals surface area contributed by atoms with Crippen LogP contribution in [0.25, 0.3) is 0 Å². The summed E-state index contributed by atoms with van der Waals surface area (Å²) in [7, 11) is 4.00. The van der Waals surface area contributed by atoms with Crippen LogP contribution >= 0.6 is 0 Å². The number of likely N-dealkylation sites (tertiary alicyclic amines) is 1. The zero-order chi connectivity index (χ0) is 16.9. The van der Waals surface area contributed by atoms with E-state index in [1.807, 2.05) is 14.1 Å². The molecule has 0 aromatic heterocycles. The van der Waals surface area contributed by atoms with Gasteiger partial charge >= 0.3 is 12.0 Å². The number of carboxylic acid groups (broad SMARTS) is 1. The second kappa shape index (κ2) is 7.81. The van der Waals surface area contributed by atoms with Gasteiger partial charge in [0, 0.05) is 25.7 Å². The predicted molar refractivity (Wildman–Crippen MR) is 86.9 cm³/mol. The van der Waals surface area contributed by atoms with E-state index >= 15 is 0 Å². The van der Waals surface area contributed by atoms with Gasteiger partial charge in [-0.15, -0.1) is 0 Å². The number of hydrogen-bond acceptors (Lipinski definition) is 3. The molecule has 1 saturated heterocycles. The molecule has 22 heavy (non-hydrogen) atoms. The summed E-state index contributed by atoms with van der Waals surface area (Å²) in [6, 6.07) is 0.0511. The maximum Gasteiger partial charge on any atom is 0.317 e. The Kier molecular flexibility index (Phi) is 6.66. The number of amides is 2. The molecule has 6 heteroatoms. The van der Waals surface area contributed by atoms with Gasteiger partial charge in [-0.3, -0.25) is 4.79 Å². The molecule has 1 aliphatic rings. The van der Waals surface area contributed by atoms with Gasteiger partial charge in [0.25, 0.3) is 0 Å². The van der Waals surface area contributed by atoms with Crippen LogP contribution in [-0.4, -0.2) is 66.7 Å². The fourth-order valence-corrected chi connectivity index (χ4v) is 2.87. The Hall–Kier alpha value is -1.30. The van der Waals surface area contributed by atoms with E-state index in [9.17, 15) is 14.7 Å². The Bertz CT molecular complexity index is 378. The van der Waals surface area contributed by atoms with Crippen LogP contribution < -0.4 is 5.32 Å². The van der Waals surface area contributed by atoms with Gasteiger partial charge in [-0.25, -0.2) is 4.79 Å². The van der Waals surface area contributed by atoms with Crippen molar-refractivity contribution in [3.05, 3.63) is 0 Å². The number of aliphatic carboxylic acids is 1. The quantitative estimate of drug-likeness (QED) is 0.785. The van der Waals surface area contributed by atoms with Gasteiger partial charge in [-0.05, 0) is 46.2 Å². The maximum atomic E-state index is 12.4. The Morgan fingerprint density at radius 3 is 2.23 bits per heavy atom. The summed E-state index contributed by atoms with van der Waals surface area (Å²) in [4.78, 5) is 27.5. The van der Waals surface area contributed by atoms with Crippen molar-refractivity contribution < 1.29 is 14.7 Å². The number of nitrogens with zero attached hydrogens (tertiary/aromatic N) is 2. The topological polar surface area (TPSA) is 72.9 Å². The first-order valence-corrected chi connectivity index (χ1v) is 8.07. The van der Waals surface area contributed by atoms with Crippen molar-refractivity contribution in [3.63, 3.8) is 0 Å². The molecule has 0 aromatic carbocycles. The summed E-state index contributed by atoms with van der Waals surface area (Å²) in [5.74, 6) is -0.250. The molecular weight excluding hydrogens is 282 g/mol. The lowest BCUT2D eigenvalue weighted by Gasteiger charge is -2.37. The zero-order valence-corrected chi connectivity index (χ0v) is 14.6.